The van der Waals surface area contributed by atoms with Crippen molar-refractivity contribution in [1.29, 1.82) is 0 Å². The van der Waals surface area contributed by atoms with Crippen molar-refractivity contribution in [3.63, 3.8) is 0 Å². The lowest BCUT2D eigenvalue weighted by Gasteiger charge is -2.34. The van der Waals surface area contributed by atoms with Crippen molar-refractivity contribution in [3.8, 4) is 17.2 Å². The molecule has 3 fully saturated rings. The van der Waals surface area contributed by atoms with Crippen LogP contribution >= 0.6 is 63.7 Å². The molecule has 4 aromatic rings. The number of halogens is 4. The average Bonchev–Trinajstić information content (AvgIpc) is 3.91. The number of rotatable bonds is 14. The summed E-state index contributed by atoms with van der Waals surface area (Å²) in [5, 5.41) is 0. The monoisotopic (exact) mass is 904 g/mol. The van der Waals surface area contributed by atoms with Gasteiger partial charge in [-0.25, -0.2) is 0 Å². The van der Waals surface area contributed by atoms with E-state index in [2.05, 4.69) is 145 Å². The van der Waals surface area contributed by atoms with Gasteiger partial charge in [-0.05, 0) is 135 Å². The van der Waals surface area contributed by atoms with Crippen molar-refractivity contribution in [2.75, 3.05) is 39.6 Å². The highest BCUT2D eigenvalue weighted by atomic mass is 79.9. The van der Waals surface area contributed by atoms with Gasteiger partial charge < -0.3 is 28.4 Å². The van der Waals surface area contributed by atoms with Crippen LogP contribution in [-0.4, -0.2) is 58.0 Å². The van der Waals surface area contributed by atoms with E-state index in [9.17, 15) is 0 Å². The lowest BCUT2D eigenvalue weighted by atomic mass is 9.70. The number of benzene rings is 4. The Morgan fingerprint density at radius 1 is 0.521 bits per heavy atom. The molecule has 3 aliphatic heterocycles. The zero-order chi connectivity index (χ0) is 33.6. The molecule has 0 bridgehead atoms. The number of epoxide rings is 3. The Kier molecular flexibility index (Phi) is 10.1. The standard InChI is InChI=1S/C38H36Br4O6/c1-37(2,25-12-31(39)35(32(40)13-25)47-20-29-18-45-29)22-4-6-23(7-5-22)38(3,24-8-10-27(11-9-24)43-16-28-17-44-28)26-14-33(41)36(34(42)15-26)48-21-30-19-46-30/h4-15,28-30H,16-21H2,1-3H3. The molecule has 3 saturated heterocycles. The number of ether oxygens (including phenoxy) is 6. The predicted molar refractivity (Wildman–Crippen MR) is 200 cm³/mol. The molecule has 0 N–H and O–H groups in total. The SMILES string of the molecule is CC(C)(c1ccc(C(C)(c2ccc(OCC3CO3)cc2)c2cc(Br)c(OCC3CO3)c(Br)c2)cc1)c1cc(Br)c(OCC2CO2)c(Br)c1. The lowest BCUT2D eigenvalue weighted by molar-refractivity contribution is 0.260. The Labute approximate surface area is 315 Å². The van der Waals surface area contributed by atoms with Crippen LogP contribution in [0.2, 0.25) is 0 Å². The molecule has 0 aliphatic carbocycles. The molecular weight excluding hydrogens is 872 g/mol. The minimum absolute atomic E-state index is 0.166. The van der Waals surface area contributed by atoms with Gasteiger partial charge in [-0.2, -0.15) is 0 Å². The van der Waals surface area contributed by atoms with Gasteiger partial charge in [-0.3, -0.25) is 0 Å². The van der Waals surface area contributed by atoms with Crippen LogP contribution in [0.3, 0.4) is 0 Å². The first-order valence-corrected chi connectivity index (χ1v) is 19.1. The largest absolute Gasteiger partial charge is 0.491 e. The summed E-state index contributed by atoms with van der Waals surface area (Å²) in [7, 11) is 0. The summed E-state index contributed by atoms with van der Waals surface area (Å²) in [6.45, 7) is 10.7. The third-order valence-corrected chi connectivity index (χ3v) is 11.7. The molecule has 4 aromatic carbocycles. The first-order valence-electron chi connectivity index (χ1n) is 16.0. The van der Waals surface area contributed by atoms with Crippen LogP contribution < -0.4 is 14.2 Å². The molecule has 0 spiro atoms. The van der Waals surface area contributed by atoms with Gasteiger partial charge in [-0.1, -0.05) is 50.2 Å². The van der Waals surface area contributed by atoms with Crippen molar-refractivity contribution in [3.05, 3.63) is 119 Å². The van der Waals surface area contributed by atoms with Gasteiger partial charge in [0.2, 0.25) is 0 Å². The molecule has 0 aromatic heterocycles. The minimum Gasteiger partial charge on any atom is -0.491 e. The first kappa shape index (κ1) is 34.5. The maximum absolute atomic E-state index is 6.12. The number of hydrogen-bond donors (Lipinski definition) is 0. The lowest BCUT2D eigenvalue weighted by Crippen LogP contribution is -2.26. The van der Waals surface area contributed by atoms with E-state index in [1.807, 2.05) is 12.1 Å². The van der Waals surface area contributed by atoms with Crippen LogP contribution in [-0.2, 0) is 25.0 Å². The van der Waals surface area contributed by atoms with Gasteiger partial charge in [-0.15, -0.1) is 0 Å². The predicted octanol–water partition coefficient (Wildman–Crippen LogP) is 9.75. The van der Waals surface area contributed by atoms with Crippen molar-refractivity contribution in [1.82, 2.24) is 0 Å². The molecule has 252 valence electrons. The zero-order valence-corrected chi connectivity index (χ0v) is 33.2. The minimum atomic E-state index is -0.500. The van der Waals surface area contributed by atoms with Crippen molar-refractivity contribution in [2.24, 2.45) is 0 Å². The molecule has 3 heterocycles. The highest BCUT2D eigenvalue weighted by molar-refractivity contribution is 9.11. The second-order valence-electron chi connectivity index (χ2n) is 13.2. The van der Waals surface area contributed by atoms with Crippen molar-refractivity contribution < 1.29 is 28.4 Å². The van der Waals surface area contributed by atoms with Crippen LogP contribution in [0.15, 0.2) is 90.7 Å². The Hall–Kier alpha value is -1.92. The maximum Gasteiger partial charge on any atom is 0.147 e. The Balaban J connectivity index is 1.21. The molecule has 0 amide bonds. The smallest absolute Gasteiger partial charge is 0.147 e. The fraction of sp³-hybridized carbons (Fsp3) is 0.368. The molecule has 10 heteroatoms. The van der Waals surface area contributed by atoms with Gasteiger partial charge in [0.1, 0.15) is 55.4 Å². The molecule has 0 saturated carbocycles. The van der Waals surface area contributed by atoms with Gasteiger partial charge >= 0.3 is 0 Å². The van der Waals surface area contributed by atoms with E-state index in [1.54, 1.807) is 0 Å². The van der Waals surface area contributed by atoms with Crippen molar-refractivity contribution >= 4 is 63.7 Å². The van der Waals surface area contributed by atoms with Crippen molar-refractivity contribution in [2.45, 2.75) is 49.9 Å². The molecular formula is C38H36Br4O6. The van der Waals surface area contributed by atoms with E-state index in [0.29, 0.717) is 19.8 Å². The zero-order valence-electron chi connectivity index (χ0n) is 26.9. The second kappa shape index (κ2) is 14.0. The fourth-order valence-electron chi connectivity index (χ4n) is 5.85. The van der Waals surface area contributed by atoms with E-state index in [0.717, 1.165) is 71.7 Å². The Bertz CT molecular complexity index is 1740. The van der Waals surface area contributed by atoms with Crippen LogP contribution in [0, 0.1) is 0 Å². The van der Waals surface area contributed by atoms with E-state index < -0.39 is 5.41 Å². The van der Waals surface area contributed by atoms with Crippen LogP contribution in [0.4, 0.5) is 0 Å². The van der Waals surface area contributed by atoms with Gasteiger partial charge in [0.05, 0.1) is 37.7 Å². The van der Waals surface area contributed by atoms with Crippen LogP contribution in [0.1, 0.15) is 48.6 Å². The Morgan fingerprint density at radius 2 is 0.875 bits per heavy atom. The Morgan fingerprint density at radius 3 is 1.29 bits per heavy atom. The maximum atomic E-state index is 6.12. The quantitative estimate of drug-likeness (QED) is 0.0929. The molecule has 48 heavy (non-hydrogen) atoms. The topological polar surface area (TPSA) is 65.3 Å². The van der Waals surface area contributed by atoms with E-state index in [1.165, 1.54) is 11.1 Å². The molecule has 7 rings (SSSR count). The summed E-state index contributed by atoms with van der Waals surface area (Å²) < 4.78 is 37.7. The van der Waals surface area contributed by atoms with Gasteiger partial charge in [0, 0.05) is 10.8 Å². The highest BCUT2D eigenvalue weighted by Gasteiger charge is 2.35. The summed E-state index contributed by atoms with van der Waals surface area (Å²) in [6, 6.07) is 26.0. The normalized spacial score (nSPS) is 20.9. The molecule has 3 aliphatic rings. The highest BCUT2D eigenvalue weighted by Crippen LogP contribution is 2.46. The second-order valence-corrected chi connectivity index (χ2v) is 16.6. The number of hydrogen-bond acceptors (Lipinski definition) is 6. The summed E-state index contributed by atoms with van der Waals surface area (Å²) in [4.78, 5) is 0. The third kappa shape index (κ3) is 7.55. The van der Waals surface area contributed by atoms with Crippen LogP contribution in [0.5, 0.6) is 17.2 Å². The fourth-order valence-corrected chi connectivity index (χ4v) is 8.68. The first-order chi connectivity index (χ1) is 23.0. The summed E-state index contributed by atoms with van der Waals surface area (Å²) in [6.07, 6.45) is 0.559. The van der Waals surface area contributed by atoms with Crippen LogP contribution in [0.25, 0.3) is 0 Å². The molecule has 0 radical (unpaired) electrons. The molecule has 6 nitrogen and oxygen atoms in total. The third-order valence-electron chi connectivity index (χ3n) is 9.38. The van der Waals surface area contributed by atoms with E-state index in [-0.39, 0.29) is 23.7 Å². The molecule has 4 unspecified atom stereocenters. The van der Waals surface area contributed by atoms with E-state index in [4.69, 9.17) is 28.4 Å². The summed E-state index contributed by atoms with van der Waals surface area (Å²) in [5.41, 5.74) is 5.01. The summed E-state index contributed by atoms with van der Waals surface area (Å²) >= 11 is 15.1. The van der Waals surface area contributed by atoms with Gasteiger partial charge in [0.25, 0.3) is 0 Å². The average molecular weight is 908 g/mol. The summed E-state index contributed by atoms with van der Waals surface area (Å²) in [5.74, 6) is 2.40. The molecule has 4 atom stereocenters. The van der Waals surface area contributed by atoms with E-state index >= 15 is 0 Å². The van der Waals surface area contributed by atoms with Gasteiger partial charge in [0.15, 0.2) is 0 Å².